The van der Waals surface area contributed by atoms with Crippen molar-refractivity contribution < 1.29 is 9.32 Å². The second-order valence-corrected chi connectivity index (χ2v) is 8.37. The minimum absolute atomic E-state index is 0.000929. The third-order valence-electron chi connectivity index (χ3n) is 4.98. The SMILES string of the molecule is Cc1ccc(Cl)cc1NC(=O)C1CCN(Cc2nc(-c3cccs3)no2)CC1. The lowest BCUT2D eigenvalue weighted by Crippen LogP contribution is -2.37. The Bertz CT molecular complexity index is 949. The Balaban J connectivity index is 1.29. The smallest absolute Gasteiger partial charge is 0.241 e. The van der Waals surface area contributed by atoms with Crippen LogP contribution in [0, 0.1) is 12.8 Å². The number of nitrogens with one attached hydrogen (secondary N) is 1. The average Bonchev–Trinajstić information content (AvgIpc) is 3.37. The van der Waals surface area contributed by atoms with Crippen molar-refractivity contribution in [1.82, 2.24) is 15.0 Å². The van der Waals surface area contributed by atoms with Crippen molar-refractivity contribution in [2.24, 2.45) is 5.92 Å². The number of aryl methyl sites for hydroxylation is 1. The molecule has 0 saturated carbocycles. The van der Waals surface area contributed by atoms with Crippen LogP contribution in [0.3, 0.4) is 0 Å². The van der Waals surface area contributed by atoms with Crippen LogP contribution in [-0.2, 0) is 11.3 Å². The second kappa shape index (κ2) is 8.43. The molecule has 3 aromatic rings. The van der Waals surface area contributed by atoms with Crippen LogP contribution in [0.25, 0.3) is 10.7 Å². The molecule has 3 heterocycles. The zero-order chi connectivity index (χ0) is 19.5. The largest absolute Gasteiger partial charge is 0.338 e. The zero-order valence-corrected chi connectivity index (χ0v) is 17.1. The summed E-state index contributed by atoms with van der Waals surface area (Å²) in [6.07, 6.45) is 1.61. The number of benzene rings is 1. The molecule has 0 atom stereocenters. The van der Waals surface area contributed by atoms with Gasteiger partial charge in [0.25, 0.3) is 0 Å². The van der Waals surface area contributed by atoms with E-state index in [-0.39, 0.29) is 11.8 Å². The van der Waals surface area contributed by atoms with Gasteiger partial charge in [-0.05, 0) is 62.0 Å². The molecule has 0 spiro atoms. The summed E-state index contributed by atoms with van der Waals surface area (Å²) in [7, 11) is 0. The van der Waals surface area contributed by atoms with Crippen molar-refractivity contribution >= 4 is 34.5 Å². The van der Waals surface area contributed by atoms with Gasteiger partial charge in [-0.25, -0.2) is 0 Å². The van der Waals surface area contributed by atoms with Crippen molar-refractivity contribution in [3.63, 3.8) is 0 Å². The van der Waals surface area contributed by atoms with Gasteiger partial charge in [-0.2, -0.15) is 4.98 Å². The van der Waals surface area contributed by atoms with Crippen molar-refractivity contribution in [3.05, 3.63) is 52.2 Å². The summed E-state index contributed by atoms with van der Waals surface area (Å²) in [5, 5.41) is 9.69. The number of hydrogen-bond donors (Lipinski definition) is 1. The number of piperidine rings is 1. The van der Waals surface area contributed by atoms with Crippen molar-refractivity contribution in [2.45, 2.75) is 26.3 Å². The Hall–Kier alpha value is -2.22. The van der Waals surface area contributed by atoms with Crippen molar-refractivity contribution in [1.29, 1.82) is 0 Å². The van der Waals surface area contributed by atoms with Crippen molar-refractivity contribution in [3.8, 4) is 10.7 Å². The van der Waals surface area contributed by atoms with Crippen LogP contribution in [-0.4, -0.2) is 34.0 Å². The number of anilines is 1. The fourth-order valence-electron chi connectivity index (χ4n) is 3.33. The minimum atomic E-state index is -0.000929. The Morgan fingerprint density at radius 1 is 1.36 bits per heavy atom. The summed E-state index contributed by atoms with van der Waals surface area (Å²) in [6, 6.07) is 9.48. The molecule has 1 N–H and O–H groups in total. The number of amides is 1. The Kier molecular flexibility index (Phi) is 5.75. The lowest BCUT2D eigenvalue weighted by Gasteiger charge is -2.30. The summed E-state index contributed by atoms with van der Waals surface area (Å²) in [6.45, 7) is 4.22. The van der Waals surface area contributed by atoms with Crippen LogP contribution in [0.4, 0.5) is 5.69 Å². The predicted octanol–water partition coefficient (Wildman–Crippen LogP) is 4.61. The predicted molar refractivity (Wildman–Crippen MR) is 110 cm³/mol. The van der Waals surface area contributed by atoms with E-state index >= 15 is 0 Å². The van der Waals surface area contributed by atoms with E-state index in [9.17, 15) is 4.79 Å². The zero-order valence-electron chi connectivity index (χ0n) is 15.5. The van der Waals surface area contributed by atoms with Crippen molar-refractivity contribution in [2.75, 3.05) is 18.4 Å². The molecule has 1 aliphatic heterocycles. The van der Waals surface area contributed by atoms with Gasteiger partial charge in [0.1, 0.15) is 0 Å². The molecule has 8 heteroatoms. The fourth-order valence-corrected chi connectivity index (χ4v) is 4.15. The highest BCUT2D eigenvalue weighted by Gasteiger charge is 2.26. The van der Waals surface area contributed by atoms with Crippen LogP contribution in [0.5, 0.6) is 0 Å². The molecule has 2 aromatic heterocycles. The number of thiophene rings is 1. The van der Waals surface area contributed by atoms with E-state index < -0.39 is 0 Å². The standard InChI is InChI=1S/C20H21ClN4O2S/c1-13-4-5-15(21)11-16(13)22-20(26)14-6-8-25(9-7-14)12-18-23-19(24-27-18)17-3-2-10-28-17/h2-5,10-11,14H,6-9,12H2,1H3,(H,22,26). The third kappa shape index (κ3) is 4.43. The molecule has 0 radical (unpaired) electrons. The molecule has 1 saturated heterocycles. The van der Waals surface area contributed by atoms with E-state index in [2.05, 4.69) is 20.4 Å². The maximum Gasteiger partial charge on any atom is 0.241 e. The highest BCUT2D eigenvalue weighted by atomic mass is 35.5. The van der Waals surface area contributed by atoms with Gasteiger partial charge >= 0.3 is 0 Å². The molecule has 1 fully saturated rings. The molecular formula is C20H21ClN4O2S. The number of nitrogens with zero attached hydrogens (tertiary/aromatic N) is 3. The fraction of sp³-hybridized carbons (Fsp3) is 0.350. The molecule has 28 heavy (non-hydrogen) atoms. The molecule has 6 nitrogen and oxygen atoms in total. The quantitative estimate of drug-likeness (QED) is 0.657. The first-order chi connectivity index (χ1) is 13.6. The van der Waals surface area contributed by atoms with Crippen LogP contribution < -0.4 is 5.32 Å². The first-order valence-corrected chi connectivity index (χ1v) is 10.5. The third-order valence-corrected chi connectivity index (χ3v) is 6.09. The van der Waals surface area contributed by atoms with Gasteiger partial charge < -0.3 is 9.84 Å². The van der Waals surface area contributed by atoms with Crippen LogP contribution >= 0.6 is 22.9 Å². The normalized spacial score (nSPS) is 15.6. The lowest BCUT2D eigenvalue weighted by molar-refractivity contribution is -0.121. The van der Waals surface area contributed by atoms with E-state index in [1.165, 1.54) is 0 Å². The second-order valence-electron chi connectivity index (χ2n) is 6.99. The summed E-state index contributed by atoms with van der Waals surface area (Å²) in [5.41, 5.74) is 1.79. The van der Waals surface area contributed by atoms with Gasteiger partial charge in [0.05, 0.1) is 11.4 Å². The van der Waals surface area contributed by atoms with E-state index in [4.69, 9.17) is 16.1 Å². The number of carbonyl (C=O) groups is 1. The first-order valence-electron chi connectivity index (χ1n) is 9.24. The number of aromatic nitrogens is 2. The van der Waals surface area contributed by atoms with Gasteiger partial charge in [0, 0.05) is 16.6 Å². The minimum Gasteiger partial charge on any atom is -0.338 e. The number of likely N-dealkylation sites (tertiary alicyclic amines) is 1. The Morgan fingerprint density at radius 2 is 2.18 bits per heavy atom. The Morgan fingerprint density at radius 3 is 2.93 bits per heavy atom. The first kappa shape index (κ1) is 19.1. The molecule has 1 aromatic carbocycles. The number of carbonyl (C=O) groups excluding carboxylic acids is 1. The Labute approximate surface area is 172 Å². The lowest BCUT2D eigenvalue weighted by atomic mass is 9.95. The van der Waals surface area contributed by atoms with E-state index in [0.29, 0.717) is 23.3 Å². The van der Waals surface area contributed by atoms with Crippen LogP contribution in [0.1, 0.15) is 24.3 Å². The molecule has 0 unspecified atom stereocenters. The van der Waals surface area contributed by atoms with Gasteiger partial charge in [-0.15, -0.1) is 11.3 Å². The van der Waals surface area contributed by atoms with Gasteiger partial charge in [0.2, 0.25) is 17.6 Å². The monoisotopic (exact) mass is 416 g/mol. The topological polar surface area (TPSA) is 71.3 Å². The number of hydrogen-bond acceptors (Lipinski definition) is 6. The highest BCUT2D eigenvalue weighted by molar-refractivity contribution is 7.13. The van der Waals surface area contributed by atoms with Crippen LogP contribution in [0.2, 0.25) is 5.02 Å². The highest BCUT2D eigenvalue weighted by Crippen LogP contribution is 2.25. The maximum atomic E-state index is 12.6. The van der Waals surface area contributed by atoms with E-state index in [0.717, 1.165) is 42.1 Å². The molecule has 1 amide bonds. The number of halogens is 1. The van der Waals surface area contributed by atoms with E-state index in [1.807, 2.05) is 36.6 Å². The van der Waals surface area contributed by atoms with E-state index in [1.54, 1.807) is 17.4 Å². The molecule has 1 aliphatic rings. The molecule has 0 aliphatic carbocycles. The molecule has 4 rings (SSSR count). The maximum absolute atomic E-state index is 12.6. The summed E-state index contributed by atoms with van der Waals surface area (Å²) in [4.78, 5) is 20.3. The average molecular weight is 417 g/mol. The molecule has 146 valence electrons. The summed E-state index contributed by atoms with van der Waals surface area (Å²) < 4.78 is 5.38. The molecular weight excluding hydrogens is 396 g/mol. The summed E-state index contributed by atoms with van der Waals surface area (Å²) >= 11 is 7.63. The van der Waals surface area contributed by atoms with Gasteiger partial charge in [0.15, 0.2) is 0 Å². The molecule has 0 bridgehead atoms. The van der Waals surface area contributed by atoms with Gasteiger partial charge in [-0.1, -0.05) is 28.9 Å². The number of rotatable bonds is 5. The van der Waals surface area contributed by atoms with Crippen LogP contribution in [0.15, 0.2) is 40.2 Å². The van der Waals surface area contributed by atoms with Gasteiger partial charge in [-0.3, -0.25) is 9.69 Å². The summed E-state index contributed by atoms with van der Waals surface area (Å²) in [5.74, 6) is 1.30.